The SMILES string of the molecule is CC(C)CN1C(=O)CCC12CCN(C(=O)NCc1ccccc1)CC2. The Morgan fingerprint density at radius 3 is 2.48 bits per heavy atom. The van der Waals surface area contributed by atoms with Gasteiger partial charge in [0, 0.05) is 38.1 Å². The van der Waals surface area contributed by atoms with Gasteiger partial charge in [-0.2, -0.15) is 0 Å². The van der Waals surface area contributed by atoms with Crippen LogP contribution in [-0.4, -0.2) is 46.9 Å². The molecule has 3 rings (SSSR count). The van der Waals surface area contributed by atoms with Crippen molar-refractivity contribution >= 4 is 11.9 Å². The number of rotatable bonds is 4. The average Bonchev–Trinajstić information content (AvgIpc) is 2.90. The van der Waals surface area contributed by atoms with Crippen LogP contribution in [0, 0.1) is 5.92 Å². The second kappa shape index (κ2) is 7.46. The minimum atomic E-state index is -0.0163. The Morgan fingerprint density at radius 1 is 1.16 bits per heavy atom. The van der Waals surface area contributed by atoms with Gasteiger partial charge < -0.3 is 15.1 Å². The smallest absolute Gasteiger partial charge is 0.317 e. The monoisotopic (exact) mass is 343 g/mol. The predicted molar refractivity (Wildman–Crippen MR) is 98.0 cm³/mol. The van der Waals surface area contributed by atoms with E-state index in [0.29, 0.717) is 18.9 Å². The maximum absolute atomic E-state index is 12.4. The first-order valence-corrected chi connectivity index (χ1v) is 9.37. The van der Waals surface area contributed by atoms with Crippen LogP contribution in [0.15, 0.2) is 30.3 Å². The molecule has 136 valence electrons. The number of carbonyl (C=O) groups is 2. The Bertz CT molecular complexity index is 607. The number of hydrogen-bond donors (Lipinski definition) is 1. The highest BCUT2D eigenvalue weighted by atomic mass is 16.2. The van der Waals surface area contributed by atoms with Gasteiger partial charge in [0.25, 0.3) is 0 Å². The molecule has 0 saturated carbocycles. The number of nitrogens with one attached hydrogen (secondary N) is 1. The lowest BCUT2D eigenvalue weighted by Gasteiger charge is -2.45. The predicted octanol–water partition coefficient (Wildman–Crippen LogP) is 3.01. The van der Waals surface area contributed by atoms with Gasteiger partial charge in [-0.1, -0.05) is 44.2 Å². The fourth-order valence-corrected chi connectivity index (χ4v) is 4.07. The maximum atomic E-state index is 12.4. The van der Waals surface area contributed by atoms with Crippen molar-refractivity contribution in [1.82, 2.24) is 15.1 Å². The molecule has 2 aliphatic rings. The van der Waals surface area contributed by atoms with Gasteiger partial charge in [0.05, 0.1) is 0 Å². The third-order valence-electron chi connectivity index (χ3n) is 5.49. The van der Waals surface area contributed by atoms with E-state index in [1.807, 2.05) is 35.2 Å². The Labute approximate surface area is 150 Å². The number of likely N-dealkylation sites (tertiary alicyclic amines) is 2. The molecular weight excluding hydrogens is 314 g/mol. The van der Waals surface area contributed by atoms with Crippen LogP contribution in [0.25, 0.3) is 0 Å². The lowest BCUT2D eigenvalue weighted by molar-refractivity contribution is -0.133. The van der Waals surface area contributed by atoms with Gasteiger partial charge >= 0.3 is 6.03 Å². The van der Waals surface area contributed by atoms with Gasteiger partial charge in [0.1, 0.15) is 0 Å². The second-order valence-corrected chi connectivity index (χ2v) is 7.75. The fraction of sp³-hybridized carbons (Fsp3) is 0.600. The number of nitrogens with zero attached hydrogens (tertiary/aromatic N) is 2. The summed E-state index contributed by atoms with van der Waals surface area (Å²) in [6.45, 7) is 7.15. The van der Waals surface area contributed by atoms with Crippen LogP contribution < -0.4 is 5.32 Å². The normalized spacial score (nSPS) is 19.7. The van der Waals surface area contributed by atoms with Crippen molar-refractivity contribution in [3.63, 3.8) is 0 Å². The molecule has 0 aromatic heterocycles. The van der Waals surface area contributed by atoms with E-state index in [1.54, 1.807) is 0 Å². The van der Waals surface area contributed by atoms with E-state index in [4.69, 9.17) is 0 Å². The minimum absolute atomic E-state index is 0.00145. The van der Waals surface area contributed by atoms with Gasteiger partial charge in [-0.05, 0) is 30.7 Å². The molecule has 5 nitrogen and oxygen atoms in total. The summed E-state index contributed by atoms with van der Waals surface area (Å²) in [5.41, 5.74) is 1.09. The summed E-state index contributed by atoms with van der Waals surface area (Å²) in [5.74, 6) is 0.766. The Hall–Kier alpha value is -2.04. The first-order chi connectivity index (χ1) is 12.0. The molecule has 2 fully saturated rings. The number of amides is 3. The number of hydrogen-bond acceptors (Lipinski definition) is 2. The Morgan fingerprint density at radius 2 is 1.84 bits per heavy atom. The molecule has 3 amide bonds. The third-order valence-corrected chi connectivity index (χ3v) is 5.49. The average molecular weight is 343 g/mol. The molecule has 1 spiro atoms. The van der Waals surface area contributed by atoms with Crippen LogP contribution in [0.2, 0.25) is 0 Å². The molecular formula is C20H29N3O2. The fourth-order valence-electron chi connectivity index (χ4n) is 4.07. The highest BCUT2D eigenvalue weighted by Gasteiger charge is 2.47. The Kier molecular flexibility index (Phi) is 5.30. The van der Waals surface area contributed by atoms with Gasteiger partial charge in [0.2, 0.25) is 5.91 Å². The zero-order chi connectivity index (χ0) is 17.9. The molecule has 0 radical (unpaired) electrons. The van der Waals surface area contributed by atoms with Crippen molar-refractivity contribution in [2.45, 2.75) is 51.6 Å². The topological polar surface area (TPSA) is 52.7 Å². The molecule has 1 aromatic rings. The molecule has 0 atom stereocenters. The standard InChI is InChI=1S/C20H29N3O2/c1-16(2)15-23-18(24)8-9-20(23)10-12-22(13-11-20)19(25)21-14-17-6-4-3-5-7-17/h3-7,16H,8-15H2,1-2H3,(H,21,25). The number of urea groups is 1. The summed E-state index contributed by atoms with van der Waals surface area (Å²) in [6.07, 6.45) is 3.39. The van der Waals surface area contributed by atoms with Crippen molar-refractivity contribution in [1.29, 1.82) is 0 Å². The first-order valence-electron chi connectivity index (χ1n) is 9.37. The summed E-state index contributed by atoms with van der Waals surface area (Å²) in [7, 11) is 0. The summed E-state index contributed by atoms with van der Waals surface area (Å²) in [6, 6.07) is 9.96. The molecule has 1 N–H and O–H groups in total. The molecule has 2 heterocycles. The lowest BCUT2D eigenvalue weighted by atomic mass is 9.84. The molecule has 5 heteroatoms. The van der Waals surface area contributed by atoms with Crippen molar-refractivity contribution < 1.29 is 9.59 Å². The summed E-state index contributed by atoms with van der Waals surface area (Å²) in [5, 5.41) is 3.01. The molecule has 0 unspecified atom stereocenters. The van der Waals surface area contributed by atoms with Gasteiger partial charge in [-0.3, -0.25) is 4.79 Å². The van der Waals surface area contributed by atoms with Crippen LogP contribution in [0.4, 0.5) is 4.79 Å². The first kappa shape index (κ1) is 17.8. The maximum Gasteiger partial charge on any atom is 0.317 e. The van der Waals surface area contributed by atoms with E-state index in [-0.39, 0.29) is 17.5 Å². The third kappa shape index (κ3) is 3.97. The van der Waals surface area contributed by atoms with E-state index < -0.39 is 0 Å². The van der Waals surface area contributed by atoms with E-state index >= 15 is 0 Å². The van der Waals surface area contributed by atoms with Gasteiger partial charge in [-0.25, -0.2) is 4.79 Å². The Balaban J connectivity index is 1.54. The largest absolute Gasteiger partial charge is 0.337 e. The van der Waals surface area contributed by atoms with Crippen molar-refractivity contribution in [3.8, 4) is 0 Å². The quantitative estimate of drug-likeness (QED) is 0.914. The van der Waals surface area contributed by atoms with Crippen molar-refractivity contribution in [2.75, 3.05) is 19.6 Å². The molecule has 2 aliphatic heterocycles. The van der Waals surface area contributed by atoms with Gasteiger partial charge in [-0.15, -0.1) is 0 Å². The van der Waals surface area contributed by atoms with Gasteiger partial charge in [0.15, 0.2) is 0 Å². The molecule has 0 bridgehead atoms. The van der Waals surface area contributed by atoms with E-state index in [1.165, 1.54) is 0 Å². The number of benzene rings is 1. The van der Waals surface area contributed by atoms with Crippen LogP contribution in [-0.2, 0) is 11.3 Å². The highest BCUT2D eigenvalue weighted by molar-refractivity contribution is 5.80. The minimum Gasteiger partial charge on any atom is -0.337 e. The molecule has 25 heavy (non-hydrogen) atoms. The van der Waals surface area contributed by atoms with Crippen molar-refractivity contribution in [3.05, 3.63) is 35.9 Å². The van der Waals surface area contributed by atoms with Crippen LogP contribution in [0.1, 0.15) is 45.1 Å². The number of piperidine rings is 1. The molecule has 1 aromatic carbocycles. The van der Waals surface area contributed by atoms with Crippen molar-refractivity contribution in [2.24, 2.45) is 5.92 Å². The summed E-state index contributed by atoms with van der Waals surface area (Å²) < 4.78 is 0. The zero-order valence-corrected chi connectivity index (χ0v) is 15.3. The summed E-state index contributed by atoms with van der Waals surface area (Å²) in [4.78, 5) is 28.7. The highest BCUT2D eigenvalue weighted by Crippen LogP contribution is 2.39. The molecule has 0 aliphatic carbocycles. The second-order valence-electron chi connectivity index (χ2n) is 7.75. The van der Waals surface area contributed by atoms with E-state index in [2.05, 4.69) is 24.1 Å². The summed E-state index contributed by atoms with van der Waals surface area (Å²) >= 11 is 0. The lowest BCUT2D eigenvalue weighted by Crippen LogP contribution is -2.56. The number of carbonyl (C=O) groups excluding carboxylic acids is 2. The van der Waals surface area contributed by atoms with E-state index in [0.717, 1.165) is 44.5 Å². The van der Waals surface area contributed by atoms with Crippen LogP contribution in [0.5, 0.6) is 0 Å². The van der Waals surface area contributed by atoms with Crippen LogP contribution >= 0.6 is 0 Å². The van der Waals surface area contributed by atoms with Crippen LogP contribution in [0.3, 0.4) is 0 Å². The molecule has 2 saturated heterocycles. The van der Waals surface area contributed by atoms with E-state index in [9.17, 15) is 9.59 Å². The zero-order valence-electron chi connectivity index (χ0n) is 15.3.